The van der Waals surface area contributed by atoms with Gasteiger partial charge in [0.15, 0.2) is 11.4 Å². The summed E-state index contributed by atoms with van der Waals surface area (Å²) >= 11 is 0. The first-order chi connectivity index (χ1) is 10.3. The number of hydrogen-bond acceptors (Lipinski definition) is 5. The van der Waals surface area contributed by atoms with E-state index in [1.54, 1.807) is 60.7 Å². The van der Waals surface area contributed by atoms with E-state index in [4.69, 9.17) is 0 Å². The molecule has 5 heteroatoms. The SMILES string of the molecule is O=C(c1ccccc1)c1nonc1C(=O)c1ccccc1. The lowest BCUT2D eigenvalue weighted by molar-refractivity contribution is 0.0998. The van der Waals surface area contributed by atoms with Crippen molar-refractivity contribution in [1.82, 2.24) is 10.3 Å². The van der Waals surface area contributed by atoms with Gasteiger partial charge in [-0.3, -0.25) is 9.59 Å². The van der Waals surface area contributed by atoms with Crippen molar-refractivity contribution < 1.29 is 14.2 Å². The Morgan fingerprint density at radius 3 is 1.43 bits per heavy atom. The highest BCUT2D eigenvalue weighted by Crippen LogP contribution is 2.15. The topological polar surface area (TPSA) is 73.1 Å². The second-order valence-corrected chi connectivity index (χ2v) is 4.35. The van der Waals surface area contributed by atoms with E-state index in [1.807, 2.05) is 0 Å². The number of ketones is 2. The van der Waals surface area contributed by atoms with E-state index in [9.17, 15) is 9.59 Å². The predicted octanol–water partition coefficient (Wildman–Crippen LogP) is 2.53. The summed E-state index contributed by atoms with van der Waals surface area (Å²) in [7, 11) is 0. The van der Waals surface area contributed by atoms with Crippen molar-refractivity contribution in [3.63, 3.8) is 0 Å². The van der Waals surface area contributed by atoms with Crippen LogP contribution in [-0.2, 0) is 0 Å². The quantitative estimate of drug-likeness (QED) is 0.686. The van der Waals surface area contributed by atoms with Crippen LogP contribution >= 0.6 is 0 Å². The van der Waals surface area contributed by atoms with Gasteiger partial charge in [0, 0.05) is 11.1 Å². The smallest absolute Gasteiger partial charge is 0.217 e. The van der Waals surface area contributed by atoms with Crippen molar-refractivity contribution in [2.24, 2.45) is 0 Å². The highest BCUT2D eigenvalue weighted by molar-refractivity contribution is 6.17. The van der Waals surface area contributed by atoms with Crippen molar-refractivity contribution in [3.8, 4) is 0 Å². The molecular formula is C16H10N2O3. The van der Waals surface area contributed by atoms with Gasteiger partial charge >= 0.3 is 0 Å². The molecule has 0 saturated carbocycles. The highest BCUT2D eigenvalue weighted by atomic mass is 16.6. The van der Waals surface area contributed by atoms with Gasteiger partial charge in [0.05, 0.1) is 0 Å². The fourth-order valence-corrected chi connectivity index (χ4v) is 1.94. The van der Waals surface area contributed by atoms with Crippen molar-refractivity contribution in [1.29, 1.82) is 0 Å². The summed E-state index contributed by atoms with van der Waals surface area (Å²) in [6.07, 6.45) is 0. The Labute approximate surface area is 120 Å². The molecule has 102 valence electrons. The first-order valence-corrected chi connectivity index (χ1v) is 6.29. The number of carbonyl (C=O) groups excluding carboxylic acids is 2. The van der Waals surface area contributed by atoms with Crippen LogP contribution in [0.3, 0.4) is 0 Å². The van der Waals surface area contributed by atoms with Crippen LogP contribution in [0.5, 0.6) is 0 Å². The van der Waals surface area contributed by atoms with Crippen molar-refractivity contribution in [2.75, 3.05) is 0 Å². The molecule has 0 spiro atoms. The molecule has 2 aromatic carbocycles. The van der Waals surface area contributed by atoms with Crippen LogP contribution in [0.15, 0.2) is 65.3 Å². The molecule has 0 atom stereocenters. The van der Waals surface area contributed by atoms with Crippen LogP contribution in [0.4, 0.5) is 0 Å². The number of hydrogen-bond donors (Lipinski definition) is 0. The van der Waals surface area contributed by atoms with Crippen LogP contribution in [0.1, 0.15) is 32.1 Å². The first-order valence-electron chi connectivity index (χ1n) is 6.29. The van der Waals surface area contributed by atoms with Crippen molar-refractivity contribution in [3.05, 3.63) is 83.2 Å². The van der Waals surface area contributed by atoms with Crippen LogP contribution < -0.4 is 0 Å². The zero-order chi connectivity index (χ0) is 14.7. The van der Waals surface area contributed by atoms with Gasteiger partial charge in [-0.05, 0) is 10.3 Å². The lowest BCUT2D eigenvalue weighted by Gasteiger charge is -1.99. The van der Waals surface area contributed by atoms with E-state index in [-0.39, 0.29) is 11.4 Å². The second kappa shape index (κ2) is 5.50. The minimum atomic E-state index is -0.392. The van der Waals surface area contributed by atoms with Gasteiger partial charge in [-0.1, -0.05) is 60.7 Å². The van der Waals surface area contributed by atoms with E-state index in [0.29, 0.717) is 11.1 Å². The van der Waals surface area contributed by atoms with E-state index in [0.717, 1.165) is 0 Å². The van der Waals surface area contributed by atoms with Crippen LogP contribution in [0, 0.1) is 0 Å². The molecule has 0 bridgehead atoms. The molecule has 1 heterocycles. The number of carbonyl (C=O) groups is 2. The van der Waals surface area contributed by atoms with Gasteiger partial charge < -0.3 is 0 Å². The average molecular weight is 278 g/mol. The molecule has 0 amide bonds. The summed E-state index contributed by atoms with van der Waals surface area (Å²) in [4.78, 5) is 24.7. The standard InChI is InChI=1S/C16H10N2O3/c19-15(11-7-3-1-4-8-11)13-14(18-21-17-13)16(20)12-9-5-2-6-10-12/h1-10H. The Morgan fingerprint density at radius 2 is 1.05 bits per heavy atom. The van der Waals surface area contributed by atoms with Gasteiger partial charge in [-0.2, -0.15) is 0 Å². The molecule has 3 rings (SSSR count). The monoisotopic (exact) mass is 278 g/mol. The molecule has 0 radical (unpaired) electrons. The molecule has 0 aliphatic carbocycles. The number of aromatic nitrogens is 2. The van der Waals surface area contributed by atoms with Crippen LogP contribution in [0.2, 0.25) is 0 Å². The highest BCUT2D eigenvalue weighted by Gasteiger charge is 2.25. The summed E-state index contributed by atoms with van der Waals surface area (Å²) < 4.78 is 4.59. The molecule has 0 N–H and O–H groups in total. The third kappa shape index (κ3) is 2.49. The normalized spacial score (nSPS) is 10.3. The Hall–Kier alpha value is -3.08. The molecule has 0 fully saturated rings. The molecule has 3 aromatic rings. The number of rotatable bonds is 4. The molecular weight excluding hydrogens is 268 g/mol. The van der Waals surface area contributed by atoms with Crippen molar-refractivity contribution in [2.45, 2.75) is 0 Å². The molecule has 5 nitrogen and oxygen atoms in total. The van der Waals surface area contributed by atoms with Gasteiger partial charge in [-0.25, -0.2) is 4.63 Å². The average Bonchev–Trinajstić information content (AvgIpc) is 3.04. The lowest BCUT2D eigenvalue weighted by Crippen LogP contribution is -2.11. The predicted molar refractivity (Wildman–Crippen MR) is 74.0 cm³/mol. The largest absolute Gasteiger partial charge is 0.287 e. The zero-order valence-electron chi connectivity index (χ0n) is 10.9. The van der Waals surface area contributed by atoms with E-state index < -0.39 is 11.6 Å². The van der Waals surface area contributed by atoms with Gasteiger partial charge in [-0.15, -0.1) is 0 Å². The third-order valence-corrected chi connectivity index (χ3v) is 2.99. The fourth-order valence-electron chi connectivity index (χ4n) is 1.94. The Bertz CT molecular complexity index is 714. The second-order valence-electron chi connectivity index (χ2n) is 4.35. The first kappa shape index (κ1) is 12.9. The molecule has 1 aromatic heterocycles. The molecule has 0 aliphatic heterocycles. The molecule has 0 unspecified atom stereocenters. The van der Waals surface area contributed by atoms with Crippen molar-refractivity contribution >= 4 is 11.6 Å². The molecule has 0 saturated heterocycles. The maximum Gasteiger partial charge on any atom is 0.217 e. The maximum atomic E-state index is 12.3. The van der Waals surface area contributed by atoms with E-state index >= 15 is 0 Å². The number of benzene rings is 2. The summed E-state index contributed by atoms with van der Waals surface area (Å²) in [5, 5.41) is 7.17. The van der Waals surface area contributed by atoms with Crippen LogP contribution in [0.25, 0.3) is 0 Å². The summed E-state index contributed by atoms with van der Waals surface area (Å²) in [5.41, 5.74) is 0.704. The Morgan fingerprint density at radius 1 is 0.667 bits per heavy atom. The lowest BCUT2D eigenvalue weighted by atomic mass is 10.0. The summed E-state index contributed by atoms with van der Waals surface area (Å²) in [5.74, 6) is -0.785. The minimum Gasteiger partial charge on any atom is -0.287 e. The summed E-state index contributed by atoms with van der Waals surface area (Å²) in [6, 6.07) is 17.1. The zero-order valence-corrected chi connectivity index (χ0v) is 10.9. The minimum absolute atomic E-state index is 0.0740. The molecule has 21 heavy (non-hydrogen) atoms. The maximum absolute atomic E-state index is 12.3. The van der Waals surface area contributed by atoms with E-state index in [1.165, 1.54) is 0 Å². The molecule has 0 aliphatic rings. The third-order valence-electron chi connectivity index (χ3n) is 2.99. The van der Waals surface area contributed by atoms with Gasteiger partial charge in [0.1, 0.15) is 0 Å². The Kier molecular flexibility index (Phi) is 3.39. The van der Waals surface area contributed by atoms with E-state index in [2.05, 4.69) is 14.9 Å². The Balaban J connectivity index is 1.99. The van der Waals surface area contributed by atoms with Gasteiger partial charge in [0.2, 0.25) is 11.6 Å². The van der Waals surface area contributed by atoms with Crippen LogP contribution in [-0.4, -0.2) is 21.9 Å². The fraction of sp³-hybridized carbons (Fsp3) is 0. The van der Waals surface area contributed by atoms with Gasteiger partial charge in [0.25, 0.3) is 0 Å². The summed E-state index contributed by atoms with van der Waals surface area (Å²) in [6.45, 7) is 0. The number of nitrogens with zero attached hydrogens (tertiary/aromatic N) is 2.